The third-order valence-corrected chi connectivity index (χ3v) is 7.67. The van der Waals surface area contributed by atoms with Gasteiger partial charge in [-0.3, -0.25) is 9.36 Å². The van der Waals surface area contributed by atoms with Gasteiger partial charge < -0.3 is 9.64 Å². The second-order valence-corrected chi connectivity index (χ2v) is 10.6. The van der Waals surface area contributed by atoms with Crippen LogP contribution in [-0.4, -0.2) is 53.7 Å². The summed E-state index contributed by atoms with van der Waals surface area (Å²) in [4.78, 5) is 20.3. The van der Waals surface area contributed by atoms with E-state index in [1.54, 1.807) is 0 Å². The largest absolute Gasteiger partial charge is 0.378 e. The Bertz CT molecular complexity index is 1530. The molecule has 0 bridgehead atoms. The normalized spacial score (nSPS) is 19.7. The first-order valence-corrected chi connectivity index (χ1v) is 13.2. The highest BCUT2D eigenvalue weighted by atomic mass is 79.9. The van der Waals surface area contributed by atoms with E-state index in [0.29, 0.717) is 37.3 Å². The van der Waals surface area contributed by atoms with Gasteiger partial charge in [-0.15, -0.1) is 0 Å². The molecule has 3 aromatic carbocycles. The second-order valence-electron chi connectivity index (χ2n) is 9.67. The number of imidazole rings is 1. The van der Waals surface area contributed by atoms with Gasteiger partial charge in [0.05, 0.1) is 38.7 Å². The van der Waals surface area contributed by atoms with Crippen molar-refractivity contribution in [3.05, 3.63) is 113 Å². The highest BCUT2D eigenvalue weighted by Crippen LogP contribution is 2.40. The zero-order valence-electron chi connectivity index (χ0n) is 20.7. The summed E-state index contributed by atoms with van der Waals surface area (Å²) < 4.78 is 9.07. The Morgan fingerprint density at radius 1 is 1.00 bits per heavy atom. The number of nitrogens with zero attached hydrogens (tertiary/aromatic N) is 4. The van der Waals surface area contributed by atoms with E-state index in [0.717, 1.165) is 37.8 Å². The number of carbonyl (C=O) groups is 1. The molecule has 0 radical (unpaired) electrons. The van der Waals surface area contributed by atoms with Gasteiger partial charge >= 0.3 is 0 Å². The Balaban J connectivity index is 1.46. The molecule has 1 aromatic heterocycles. The molecule has 1 unspecified atom stereocenters. The van der Waals surface area contributed by atoms with Crippen LogP contribution < -0.4 is 4.48 Å². The number of hydrogen-bond acceptors (Lipinski definition) is 3. The zero-order chi connectivity index (χ0) is 25.4. The van der Waals surface area contributed by atoms with Gasteiger partial charge in [0.1, 0.15) is 24.2 Å². The van der Waals surface area contributed by atoms with Crippen LogP contribution in [0.4, 0.5) is 5.82 Å². The van der Waals surface area contributed by atoms with Gasteiger partial charge in [-0.25, -0.2) is 9.47 Å². The average Bonchev–Trinajstić information content (AvgIpc) is 3.55. The van der Waals surface area contributed by atoms with Gasteiger partial charge in [-0.2, -0.15) is 0 Å². The number of amides is 1. The van der Waals surface area contributed by atoms with Crippen LogP contribution in [0.15, 0.2) is 102 Å². The minimum absolute atomic E-state index is 0.0447. The van der Waals surface area contributed by atoms with Crippen LogP contribution in [0.5, 0.6) is 0 Å². The predicted octanol–water partition coefficient (Wildman–Crippen LogP) is 5.58. The molecule has 7 heteroatoms. The molecule has 0 spiro atoms. The summed E-state index contributed by atoms with van der Waals surface area (Å²) in [5, 5.41) is 2.29. The first kappa shape index (κ1) is 23.9. The molecule has 0 N–H and O–H groups in total. The molecule has 2 aliphatic heterocycles. The number of morpholine rings is 1. The van der Waals surface area contributed by atoms with Gasteiger partial charge in [0.15, 0.2) is 0 Å². The Kier molecular flexibility index (Phi) is 6.28. The van der Waals surface area contributed by atoms with Gasteiger partial charge in [0.25, 0.3) is 5.91 Å². The molecule has 186 valence electrons. The highest BCUT2D eigenvalue weighted by Gasteiger charge is 2.39. The van der Waals surface area contributed by atoms with Crippen LogP contribution in [-0.2, 0) is 16.1 Å². The molecule has 3 heterocycles. The summed E-state index contributed by atoms with van der Waals surface area (Å²) in [5.74, 6) is 1.04. The lowest BCUT2D eigenvalue weighted by Gasteiger charge is -2.27. The summed E-state index contributed by atoms with van der Waals surface area (Å²) in [5.41, 5.74) is 3.91. The Labute approximate surface area is 224 Å². The van der Waals surface area contributed by atoms with Crippen molar-refractivity contribution in [3.63, 3.8) is 0 Å². The molecule has 1 atom stereocenters. The molecule has 1 amide bonds. The number of quaternary nitrogens is 1. The van der Waals surface area contributed by atoms with E-state index in [2.05, 4.69) is 106 Å². The van der Waals surface area contributed by atoms with E-state index < -0.39 is 0 Å². The van der Waals surface area contributed by atoms with Crippen molar-refractivity contribution in [1.29, 1.82) is 0 Å². The Morgan fingerprint density at radius 2 is 1.76 bits per heavy atom. The lowest BCUT2D eigenvalue weighted by atomic mass is 9.94. The minimum atomic E-state index is 0.0447. The fourth-order valence-corrected chi connectivity index (χ4v) is 5.51. The number of carbonyl (C=O) groups excluding carboxylic acids is 1. The van der Waals surface area contributed by atoms with E-state index in [4.69, 9.17) is 4.74 Å². The Morgan fingerprint density at radius 3 is 2.57 bits per heavy atom. The van der Waals surface area contributed by atoms with Crippen molar-refractivity contribution < 1.29 is 9.53 Å². The Hall–Kier alpha value is -3.52. The second kappa shape index (κ2) is 9.74. The number of rotatable bonds is 5. The fourth-order valence-electron chi connectivity index (χ4n) is 5.25. The van der Waals surface area contributed by atoms with Crippen molar-refractivity contribution >= 4 is 44.0 Å². The maximum atomic E-state index is 13.9. The van der Waals surface area contributed by atoms with E-state index in [9.17, 15) is 4.79 Å². The van der Waals surface area contributed by atoms with Gasteiger partial charge in [0.2, 0.25) is 5.82 Å². The predicted molar refractivity (Wildman–Crippen MR) is 151 cm³/mol. The van der Waals surface area contributed by atoms with Gasteiger partial charge in [0, 0.05) is 17.6 Å². The highest BCUT2D eigenvalue weighted by molar-refractivity contribution is 9.10. The monoisotopic (exact) mass is 555 g/mol. The first-order chi connectivity index (χ1) is 18.0. The van der Waals surface area contributed by atoms with E-state index >= 15 is 0 Å². The van der Waals surface area contributed by atoms with Crippen LogP contribution in [0.1, 0.15) is 11.1 Å². The smallest absolute Gasteiger partial charge is 0.260 e. The van der Waals surface area contributed by atoms with Crippen molar-refractivity contribution in [1.82, 2.24) is 18.9 Å². The SMILES string of the molecule is C[N+]1(c2cncn2Cc2ccc(Br)cc2)C=C(C(=O)N2CCOCC2)C(c2cccc3ccccc23)=C1. The maximum Gasteiger partial charge on any atom is 0.260 e. The van der Waals surface area contributed by atoms with Crippen LogP contribution in [0.2, 0.25) is 0 Å². The van der Waals surface area contributed by atoms with Crippen LogP contribution in [0, 0.1) is 0 Å². The minimum Gasteiger partial charge on any atom is -0.378 e. The van der Waals surface area contributed by atoms with Crippen LogP contribution in [0.3, 0.4) is 0 Å². The molecule has 0 aliphatic carbocycles. The number of ether oxygens (including phenoxy) is 1. The van der Waals surface area contributed by atoms with Crippen molar-refractivity contribution in [3.8, 4) is 0 Å². The summed E-state index contributed by atoms with van der Waals surface area (Å²) in [6.45, 7) is 3.03. The number of aromatic nitrogens is 2. The maximum absolute atomic E-state index is 13.9. The summed E-state index contributed by atoms with van der Waals surface area (Å²) in [6.07, 6.45) is 8.02. The fraction of sp³-hybridized carbons (Fsp3) is 0.200. The van der Waals surface area contributed by atoms with Gasteiger partial charge in [-0.1, -0.05) is 70.5 Å². The first-order valence-electron chi connectivity index (χ1n) is 12.4. The number of fused-ring (bicyclic) bond motifs is 1. The zero-order valence-corrected chi connectivity index (χ0v) is 22.3. The molecule has 1 fully saturated rings. The molecular weight excluding hydrogens is 528 g/mol. The molecule has 0 saturated carbocycles. The summed E-state index contributed by atoms with van der Waals surface area (Å²) >= 11 is 3.52. The third kappa shape index (κ3) is 4.55. The number of halogens is 1. The van der Waals surface area contributed by atoms with Crippen molar-refractivity contribution in [2.45, 2.75) is 6.54 Å². The van der Waals surface area contributed by atoms with E-state index in [1.807, 2.05) is 23.5 Å². The lowest BCUT2D eigenvalue weighted by molar-refractivity contribution is -0.130. The average molecular weight is 556 g/mol. The summed E-state index contributed by atoms with van der Waals surface area (Å²) in [7, 11) is 2.11. The quantitative estimate of drug-likeness (QED) is 0.302. The molecule has 6 nitrogen and oxygen atoms in total. The van der Waals surface area contributed by atoms with Crippen molar-refractivity contribution in [2.75, 3.05) is 33.4 Å². The third-order valence-electron chi connectivity index (χ3n) is 7.14. The van der Waals surface area contributed by atoms with E-state index in [-0.39, 0.29) is 5.91 Å². The molecule has 2 aliphatic rings. The molecular formula is C30H28BrN4O2+. The van der Waals surface area contributed by atoms with Crippen molar-refractivity contribution in [2.24, 2.45) is 0 Å². The van der Waals surface area contributed by atoms with Gasteiger partial charge in [-0.05, 0) is 34.0 Å². The van der Waals surface area contributed by atoms with Crippen LogP contribution in [0.25, 0.3) is 16.3 Å². The standard InChI is InChI=1S/C30H28BrN4O2/c1-35(29-17-32-21-34(29)18-22-9-11-24(31)12-10-22)19-27(26-8-4-6-23-5-2-3-7-25(23)26)28(20-35)30(36)33-13-15-37-16-14-33/h2-12,17,19-21H,13-16,18H2,1H3/q+1. The molecule has 4 aromatic rings. The number of benzene rings is 3. The lowest BCUT2D eigenvalue weighted by Crippen LogP contribution is -2.41. The molecule has 1 saturated heterocycles. The molecule has 37 heavy (non-hydrogen) atoms. The van der Waals surface area contributed by atoms with E-state index in [1.165, 1.54) is 5.56 Å². The number of hydrogen-bond donors (Lipinski definition) is 0. The summed E-state index contributed by atoms with van der Waals surface area (Å²) in [6, 6.07) is 23.0. The topological polar surface area (TPSA) is 47.4 Å². The molecule has 6 rings (SSSR count). The van der Waals surface area contributed by atoms with Crippen LogP contribution >= 0.6 is 15.9 Å².